The zero-order valence-corrected chi connectivity index (χ0v) is 11.1. The van der Waals surface area contributed by atoms with Crippen LogP contribution in [0.25, 0.3) is 0 Å². The van der Waals surface area contributed by atoms with Gasteiger partial charge in [0.25, 0.3) is 0 Å². The molecule has 0 heterocycles. The van der Waals surface area contributed by atoms with Gasteiger partial charge < -0.3 is 15.2 Å². The van der Waals surface area contributed by atoms with Gasteiger partial charge in [0.1, 0.15) is 6.61 Å². The van der Waals surface area contributed by atoms with Crippen LogP contribution in [0.4, 0.5) is 0 Å². The molecule has 0 aromatic heterocycles. The first-order valence-electron chi connectivity index (χ1n) is 5.84. The highest BCUT2D eigenvalue weighted by molar-refractivity contribution is 5.78. The van der Waals surface area contributed by atoms with Crippen LogP contribution in [0.2, 0.25) is 0 Å². The first-order valence-corrected chi connectivity index (χ1v) is 5.84. The number of hydrogen-bond acceptors (Lipinski definition) is 3. The zero-order valence-electron chi connectivity index (χ0n) is 11.1. The lowest BCUT2D eigenvalue weighted by atomic mass is 9.94. The summed E-state index contributed by atoms with van der Waals surface area (Å²) < 4.78 is 5.38. The van der Waals surface area contributed by atoms with Gasteiger partial charge in [-0.3, -0.25) is 4.79 Å². The summed E-state index contributed by atoms with van der Waals surface area (Å²) in [5.74, 6) is -0.173. The van der Waals surface area contributed by atoms with Gasteiger partial charge in [0.2, 0.25) is 5.91 Å². The summed E-state index contributed by atoms with van der Waals surface area (Å²) in [5.41, 5.74) is -0.823. The van der Waals surface area contributed by atoms with Crippen molar-refractivity contribution >= 4 is 5.91 Å². The number of nitrogens with one attached hydrogen (secondary N) is 1. The van der Waals surface area contributed by atoms with Crippen LogP contribution in [0, 0.1) is 0 Å². The average Bonchev–Trinajstić information content (AvgIpc) is 2.22. The van der Waals surface area contributed by atoms with E-state index in [-0.39, 0.29) is 24.7 Å². The summed E-state index contributed by atoms with van der Waals surface area (Å²) in [4.78, 5) is 11.6. The van der Waals surface area contributed by atoms with Crippen LogP contribution in [0.3, 0.4) is 0 Å². The number of aliphatic hydroxyl groups excluding tert-OH is 1. The van der Waals surface area contributed by atoms with E-state index < -0.39 is 5.54 Å². The second-order valence-corrected chi connectivity index (χ2v) is 5.09. The van der Waals surface area contributed by atoms with Crippen LogP contribution in [-0.2, 0) is 9.53 Å². The molecule has 4 heteroatoms. The number of aliphatic hydroxyl groups is 1. The SMILES string of the molecule is CCC(CC)(CO)NC(=O)COC(C)(C)C. The molecule has 16 heavy (non-hydrogen) atoms. The third-order valence-corrected chi connectivity index (χ3v) is 2.70. The maximum Gasteiger partial charge on any atom is 0.246 e. The predicted octanol–water partition coefficient (Wildman–Crippen LogP) is 1.47. The third kappa shape index (κ3) is 5.47. The Balaban J connectivity index is 4.21. The first kappa shape index (κ1) is 15.4. The Morgan fingerprint density at radius 1 is 1.25 bits per heavy atom. The van der Waals surface area contributed by atoms with E-state index in [0.29, 0.717) is 12.8 Å². The van der Waals surface area contributed by atoms with E-state index in [1.165, 1.54) is 0 Å². The topological polar surface area (TPSA) is 58.6 Å². The van der Waals surface area contributed by atoms with Gasteiger partial charge in [-0.25, -0.2) is 0 Å². The Bertz CT molecular complexity index is 209. The summed E-state index contributed by atoms with van der Waals surface area (Å²) in [6, 6.07) is 0. The van der Waals surface area contributed by atoms with Gasteiger partial charge >= 0.3 is 0 Å². The number of hydrogen-bond donors (Lipinski definition) is 2. The van der Waals surface area contributed by atoms with E-state index in [9.17, 15) is 9.90 Å². The zero-order chi connectivity index (χ0) is 12.8. The van der Waals surface area contributed by atoms with E-state index in [4.69, 9.17) is 4.74 Å². The minimum absolute atomic E-state index is 0.0330. The lowest BCUT2D eigenvalue weighted by molar-refractivity contribution is -0.133. The monoisotopic (exact) mass is 231 g/mol. The van der Waals surface area contributed by atoms with Crippen LogP contribution in [0.15, 0.2) is 0 Å². The molecule has 0 fully saturated rings. The van der Waals surface area contributed by atoms with Crippen LogP contribution < -0.4 is 5.32 Å². The fourth-order valence-electron chi connectivity index (χ4n) is 1.30. The Morgan fingerprint density at radius 2 is 1.75 bits per heavy atom. The summed E-state index contributed by atoms with van der Waals surface area (Å²) >= 11 is 0. The highest BCUT2D eigenvalue weighted by atomic mass is 16.5. The maximum atomic E-state index is 11.6. The van der Waals surface area contributed by atoms with Gasteiger partial charge in [-0.2, -0.15) is 0 Å². The van der Waals surface area contributed by atoms with Crippen molar-refractivity contribution in [3.63, 3.8) is 0 Å². The molecule has 0 aromatic carbocycles. The fraction of sp³-hybridized carbons (Fsp3) is 0.917. The van der Waals surface area contributed by atoms with Gasteiger partial charge in [0.15, 0.2) is 0 Å². The standard InChI is InChI=1S/C12H25NO3/c1-6-12(7-2,9-14)13-10(15)8-16-11(3,4)5/h14H,6-9H2,1-5H3,(H,13,15). The first-order chi connectivity index (χ1) is 7.28. The molecular weight excluding hydrogens is 206 g/mol. The second-order valence-electron chi connectivity index (χ2n) is 5.09. The molecule has 0 aliphatic carbocycles. The molecule has 0 bridgehead atoms. The molecule has 0 unspecified atom stereocenters. The molecule has 2 N–H and O–H groups in total. The Hall–Kier alpha value is -0.610. The molecule has 0 aliphatic rings. The molecular formula is C12H25NO3. The largest absolute Gasteiger partial charge is 0.394 e. The normalized spacial score (nSPS) is 12.6. The Labute approximate surface area is 98.4 Å². The Morgan fingerprint density at radius 3 is 2.06 bits per heavy atom. The van der Waals surface area contributed by atoms with E-state index in [0.717, 1.165) is 0 Å². The summed E-state index contributed by atoms with van der Waals surface area (Å²) in [5, 5.41) is 12.1. The van der Waals surface area contributed by atoms with Gasteiger partial charge in [0.05, 0.1) is 17.7 Å². The summed E-state index contributed by atoms with van der Waals surface area (Å²) in [6.45, 7) is 9.60. The fourth-order valence-corrected chi connectivity index (χ4v) is 1.30. The molecule has 1 amide bonds. The summed E-state index contributed by atoms with van der Waals surface area (Å²) in [7, 11) is 0. The van der Waals surface area contributed by atoms with E-state index in [1.807, 2.05) is 34.6 Å². The van der Waals surface area contributed by atoms with Gasteiger partial charge in [-0.15, -0.1) is 0 Å². The number of amides is 1. The number of carbonyl (C=O) groups is 1. The van der Waals surface area contributed by atoms with Crippen molar-refractivity contribution in [1.29, 1.82) is 0 Å². The van der Waals surface area contributed by atoms with Crippen molar-refractivity contribution in [2.45, 2.75) is 58.6 Å². The number of ether oxygens (including phenoxy) is 1. The van der Waals surface area contributed by atoms with Gasteiger partial charge in [0, 0.05) is 0 Å². The van der Waals surface area contributed by atoms with E-state index >= 15 is 0 Å². The molecule has 0 radical (unpaired) electrons. The van der Waals surface area contributed by atoms with Crippen LogP contribution in [-0.4, -0.2) is 35.4 Å². The molecule has 0 atom stereocenters. The van der Waals surface area contributed by atoms with Gasteiger partial charge in [-0.1, -0.05) is 13.8 Å². The van der Waals surface area contributed by atoms with Crippen molar-refractivity contribution < 1.29 is 14.6 Å². The van der Waals surface area contributed by atoms with Crippen molar-refractivity contribution in [3.05, 3.63) is 0 Å². The molecule has 0 aromatic rings. The van der Waals surface area contributed by atoms with Crippen molar-refractivity contribution in [2.75, 3.05) is 13.2 Å². The number of rotatable bonds is 6. The third-order valence-electron chi connectivity index (χ3n) is 2.70. The maximum absolute atomic E-state index is 11.6. The highest BCUT2D eigenvalue weighted by Crippen LogP contribution is 2.14. The van der Waals surface area contributed by atoms with Crippen molar-refractivity contribution in [2.24, 2.45) is 0 Å². The molecule has 96 valence electrons. The van der Waals surface area contributed by atoms with Crippen molar-refractivity contribution in [1.82, 2.24) is 5.32 Å². The minimum Gasteiger partial charge on any atom is -0.394 e. The minimum atomic E-state index is -0.502. The van der Waals surface area contributed by atoms with E-state index in [1.54, 1.807) is 0 Å². The molecule has 4 nitrogen and oxygen atoms in total. The highest BCUT2D eigenvalue weighted by Gasteiger charge is 2.27. The van der Waals surface area contributed by atoms with E-state index in [2.05, 4.69) is 5.32 Å². The molecule has 0 aliphatic heterocycles. The lowest BCUT2D eigenvalue weighted by Crippen LogP contribution is -2.52. The molecule has 0 rings (SSSR count). The van der Waals surface area contributed by atoms with Crippen LogP contribution in [0.1, 0.15) is 47.5 Å². The molecule has 0 saturated heterocycles. The number of carbonyl (C=O) groups excluding carboxylic acids is 1. The molecule has 0 saturated carbocycles. The molecule has 0 spiro atoms. The van der Waals surface area contributed by atoms with Crippen LogP contribution in [0.5, 0.6) is 0 Å². The van der Waals surface area contributed by atoms with Crippen LogP contribution >= 0.6 is 0 Å². The van der Waals surface area contributed by atoms with Gasteiger partial charge in [-0.05, 0) is 33.6 Å². The predicted molar refractivity (Wildman–Crippen MR) is 64.2 cm³/mol. The smallest absolute Gasteiger partial charge is 0.246 e. The quantitative estimate of drug-likeness (QED) is 0.727. The second kappa shape index (κ2) is 6.21. The average molecular weight is 231 g/mol. The van der Waals surface area contributed by atoms with Crippen molar-refractivity contribution in [3.8, 4) is 0 Å². The Kier molecular flexibility index (Phi) is 5.97. The summed E-state index contributed by atoms with van der Waals surface area (Å²) in [6.07, 6.45) is 1.42. The lowest BCUT2D eigenvalue weighted by Gasteiger charge is -2.31.